The van der Waals surface area contributed by atoms with Crippen molar-refractivity contribution in [1.29, 1.82) is 0 Å². The standard InChI is InChI=1S/C8H12.4BFO2.8Rh/c1-2-4-6-8-7-5-3-1;4*2-1(3)4;;;;;;;;/h1-2,7-8H,3-6H2;;;;;;;;;;;;/q;4*-2;8*+1. The molecule has 0 amide bonds. The van der Waals surface area contributed by atoms with Crippen molar-refractivity contribution in [2.24, 2.45) is 0 Å². The third-order valence-corrected chi connectivity index (χ3v) is 1.33. The van der Waals surface area contributed by atoms with E-state index < -0.39 is 29.6 Å². The summed E-state index contributed by atoms with van der Waals surface area (Å²) in [4.78, 5) is 0. The van der Waals surface area contributed by atoms with Crippen LogP contribution in [0.25, 0.3) is 0 Å². The topological polar surface area (TPSA) is 184 Å². The molecular formula is C8H12B4F4O8Rh8. The zero-order valence-corrected chi connectivity index (χ0v) is 28.0. The minimum Gasteiger partial charge on any atom is -0.867 e. The van der Waals surface area contributed by atoms with Crippen molar-refractivity contribution in [1.82, 2.24) is 0 Å². The van der Waals surface area contributed by atoms with Gasteiger partial charge in [0.25, 0.3) is 0 Å². The predicted octanol–water partition coefficient (Wildman–Crippen LogP) is -6.70. The zero-order valence-electron chi connectivity index (χ0n) is 14.9. The Bertz CT molecular complexity index is 239. The Morgan fingerprint density at radius 1 is 0.344 bits per heavy atom. The number of halogens is 4. The van der Waals surface area contributed by atoms with Crippen molar-refractivity contribution in [3.63, 3.8) is 0 Å². The molecule has 1 rings (SSSR count). The minimum atomic E-state index is -3.17. The second-order valence-electron chi connectivity index (χ2n) is 3.20. The maximum atomic E-state index is 9.89. The van der Waals surface area contributed by atoms with Gasteiger partial charge in [0.05, 0.1) is 0 Å². The van der Waals surface area contributed by atoms with E-state index in [2.05, 4.69) is 24.3 Å². The SMILES string of the molecule is C1=CCCC=CCC1.[O-]B([O-])F.[O-]B([O-])F.[O-]B([O-])F.[O-]B([O-])F.[Rh+].[Rh+].[Rh+].[Rh+].[Rh+].[Rh+].[Rh+].[Rh+]. The fraction of sp³-hybridized carbons (Fsp3) is 0.500. The Morgan fingerprint density at radius 2 is 0.406 bits per heavy atom. The van der Waals surface area contributed by atoms with Crippen molar-refractivity contribution >= 4 is 29.6 Å². The first-order valence-corrected chi connectivity index (χ1v) is 6.06. The molecule has 1 aliphatic carbocycles. The number of rotatable bonds is 0. The molecule has 0 bridgehead atoms. The van der Waals surface area contributed by atoms with Crippen LogP contribution in [0.2, 0.25) is 0 Å². The molecule has 8 nitrogen and oxygen atoms in total. The van der Waals surface area contributed by atoms with E-state index in [1.165, 1.54) is 25.7 Å². The third kappa shape index (κ3) is 255. The maximum Gasteiger partial charge on any atom is 1.00 e. The monoisotopic (exact) mass is 1180 g/mol. The second kappa shape index (κ2) is 70.3. The van der Waals surface area contributed by atoms with E-state index in [-0.39, 0.29) is 156 Å². The average molecular weight is 1180 g/mol. The molecule has 0 saturated carbocycles. The Hall–Kier alpha value is 4.13. The summed E-state index contributed by atoms with van der Waals surface area (Å²) in [5, 5.41) is 66.4. The molecule has 0 aromatic carbocycles. The summed E-state index contributed by atoms with van der Waals surface area (Å²) in [6.45, 7) is 0. The van der Waals surface area contributed by atoms with Crippen LogP contribution in [0, 0.1) is 0 Å². The fourth-order valence-corrected chi connectivity index (χ4v) is 0.856. The second-order valence-corrected chi connectivity index (χ2v) is 3.20. The van der Waals surface area contributed by atoms with Gasteiger partial charge in [0.15, 0.2) is 0 Å². The summed E-state index contributed by atoms with van der Waals surface area (Å²) in [6.07, 6.45) is 14.0. The van der Waals surface area contributed by atoms with Gasteiger partial charge in [-0.15, -0.1) is 0 Å². The molecule has 32 heavy (non-hydrogen) atoms. The molecule has 0 heterocycles. The maximum absolute atomic E-state index is 9.89. The van der Waals surface area contributed by atoms with E-state index in [0.29, 0.717) is 0 Å². The molecule has 204 valence electrons. The normalized spacial score (nSPS) is 8.38. The molecule has 0 fully saturated rings. The zero-order chi connectivity index (χ0) is 20.0. The Kier molecular flexibility index (Phi) is 168. The van der Waals surface area contributed by atoms with E-state index in [1.54, 1.807) is 0 Å². The molecule has 0 aromatic rings. The number of allylic oxidation sites excluding steroid dienone is 4. The Balaban J connectivity index is -0.0000000152. The van der Waals surface area contributed by atoms with E-state index >= 15 is 0 Å². The Labute approximate surface area is 289 Å². The Morgan fingerprint density at radius 3 is 0.469 bits per heavy atom. The van der Waals surface area contributed by atoms with Crippen molar-refractivity contribution in [2.45, 2.75) is 25.7 Å². The molecule has 0 unspecified atom stereocenters. The van der Waals surface area contributed by atoms with Gasteiger partial charge in [-0.3, -0.25) is 0 Å². The summed E-state index contributed by atoms with van der Waals surface area (Å²) >= 11 is 0. The van der Waals surface area contributed by atoms with Crippen molar-refractivity contribution in [3.8, 4) is 0 Å². The van der Waals surface area contributed by atoms with Gasteiger partial charge in [0.1, 0.15) is 29.6 Å². The molecule has 0 atom stereocenters. The van der Waals surface area contributed by atoms with E-state index in [9.17, 15) is 17.3 Å². The van der Waals surface area contributed by atoms with E-state index in [4.69, 9.17) is 40.2 Å². The van der Waals surface area contributed by atoms with Crippen molar-refractivity contribution in [2.75, 3.05) is 0 Å². The molecule has 24 heteroatoms. The molecule has 0 radical (unpaired) electrons. The van der Waals surface area contributed by atoms with E-state index in [1.807, 2.05) is 0 Å². The van der Waals surface area contributed by atoms with E-state index in [0.717, 1.165) is 0 Å². The van der Waals surface area contributed by atoms with Gasteiger partial charge >= 0.3 is 156 Å². The smallest absolute Gasteiger partial charge is 0.867 e. The van der Waals surface area contributed by atoms with Crippen molar-refractivity contribution in [3.05, 3.63) is 24.3 Å². The van der Waals surface area contributed by atoms with Gasteiger partial charge in [0.2, 0.25) is 0 Å². The summed E-state index contributed by atoms with van der Waals surface area (Å²) in [5.74, 6) is 0. The molecule has 0 N–H and O–H groups in total. The average Bonchev–Trinajstić information content (AvgIpc) is 2.23. The van der Waals surface area contributed by atoms with Gasteiger partial charge in [-0.25, -0.2) is 0 Å². The van der Waals surface area contributed by atoms with Crippen LogP contribution in [-0.2, 0) is 156 Å². The molecule has 0 aromatic heterocycles. The van der Waals surface area contributed by atoms with Crippen LogP contribution >= 0.6 is 0 Å². The summed E-state index contributed by atoms with van der Waals surface area (Å²) in [5.41, 5.74) is 0. The summed E-state index contributed by atoms with van der Waals surface area (Å²) in [6, 6.07) is 0. The van der Waals surface area contributed by atoms with Gasteiger partial charge in [-0.1, -0.05) is 24.3 Å². The minimum absolute atomic E-state index is 0. The van der Waals surface area contributed by atoms with Crippen molar-refractivity contribution < 1.29 is 213 Å². The van der Waals surface area contributed by atoms with Gasteiger partial charge < -0.3 is 57.5 Å². The van der Waals surface area contributed by atoms with Crippen LogP contribution in [0.15, 0.2) is 24.3 Å². The van der Waals surface area contributed by atoms with Crippen LogP contribution < -0.4 is 40.2 Å². The number of hydrogen-bond acceptors (Lipinski definition) is 8. The van der Waals surface area contributed by atoms with Gasteiger partial charge in [-0.05, 0) is 25.7 Å². The molecule has 0 saturated heterocycles. The van der Waals surface area contributed by atoms with Gasteiger partial charge in [0, 0.05) is 0 Å². The first kappa shape index (κ1) is 76.6. The quantitative estimate of drug-likeness (QED) is 0.130. The molecular weight excluding hydrogens is 1170 g/mol. The summed E-state index contributed by atoms with van der Waals surface area (Å²) < 4.78 is 39.6. The molecule has 0 spiro atoms. The predicted molar refractivity (Wildman–Crippen MR) is 64.2 cm³/mol. The number of hydrogen-bond donors (Lipinski definition) is 0. The first-order valence-electron chi connectivity index (χ1n) is 6.06. The first-order chi connectivity index (χ1) is 10.9. The van der Waals surface area contributed by atoms with Crippen LogP contribution in [0.5, 0.6) is 0 Å². The molecule has 1 aliphatic rings. The van der Waals surface area contributed by atoms with Crippen LogP contribution in [0.3, 0.4) is 0 Å². The largest absolute Gasteiger partial charge is 1.00 e. The third-order valence-electron chi connectivity index (χ3n) is 1.33. The molecule has 0 aliphatic heterocycles. The van der Waals surface area contributed by atoms with Crippen LogP contribution in [0.1, 0.15) is 25.7 Å². The fourth-order valence-electron chi connectivity index (χ4n) is 0.856. The summed E-state index contributed by atoms with van der Waals surface area (Å²) in [7, 11) is -12.7. The van der Waals surface area contributed by atoms with Crippen LogP contribution in [-0.4, -0.2) is 29.6 Å². The van der Waals surface area contributed by atoms with Crippen LogP contribution in [0.4, 0.5) is 17.3 Å². The van der Waals surface area contributed by atoms with Gasteiger partial charge in [-0.2, -0.15) is 0 Å².